The molecule has 4 rings (SSSR count). The SMILES string of the molecule is CC(C)C1C=CC(CO[Si](c2ccccc2)(c2ccccc2)c2ccccc2)CC=CC(=O)CC1. The number of allylic oxidation sites excluding steroid dienone is 3. The minimum atomic E-state index is -2.74. The Balaban J connectivity index is 1.74. The van der Waals surface area contributed by atoms with Gasteiger partial charge < -0.3 is 4.43 Å². The van der Waals surface area contributed by atoms with Crippen molar-refractivity contribution in [3.05, 3.63) is 115 Å². The molecule has 3 heteroatoms. The smallest absolute Gasteiger partial charge is 0.288 e. The molecule has 2 atom stereocenters. The van der Waals surface area contributed by atoms with E-state index < -0.39 is 8.32 Å². The quantitative estimate of drug-likeness (QED) is 0.256. The van der Waals surface area contributed by atoms with Crippen molar-refractivity contribution in [1.82, 2.24) is 0 Å². The van der Waals surface area contributed by atoms with Crippen molar-refractivity contribution < 1.29 is 9.22 Å². The predicted molar refractivity (Wildman–Crippen MR) is 149 cm³/mol. The fraction of sp³-hybridized carbons (Fsp3) is 0.281. The van der Waals surface area contributed by atoms with Gasteiger partial charge in [-0.3, -0.25) is 4.79 Å². The Kier molecular flexibility index (Phi) is 8.67. The van der Waals surface area contributed by atoms with E-state index in [-0.39, 0.29) is 11.7 Å². The normalized spacial score (nSPS) is 19.1. The molecule has 3 aromatic carbocycles. The number of rotatable bonds is 7. The third-order valence-corrected chi connectivity index (χ3v) is 11.0. The number of hydrogen-bond donors (Lipinski definition) is 0. The molecule has 0 heterocycles. The van der Waals surface area contributed by atoms with Crippen LogP contribution in [0.2, 0.25) is 0 Å². The average molecular weight is 481 g/mol. The number of carbonyl (C=O) groups is 1. The zero-order chi connectivity index (χ0) is 24.5. The molecule has 2 unspecified atom stereocenters. The zero-order valence-corrected chi connectivity index (χ0v) is 21.8. The van der Waals surface area contributed by atoms with Gasteiger partial charge in [0.2, 0.25) is 0 Å². The summed E-state index contributed by atoms with van der Waals surface area (Å²) in [5.74, 6) is 1.36. The Morgan fingerprint density at radius 3 is 1.80 bits per heavy atom. The third kappa shape index (κ3) is 6.16. The van der Waals surface area contributed by atoms with E-state index in [1.165, 1.54) is 15.6 Å². The topological polar surface area (TPSA) is 26.3 Å². The van der Waals surface area contributed by atoms with Gasteiger partial charge in [-0.1, -0.05) is 123 Å². The van der Waals surface area contributed by atoms with Gasteiger partial charge in [0, 0.05) is 18.9 Å². The van der Waals surface area contributed by atoms with Gasteiger partial charge in [-0.25, -0.2) is 0 Å². The van der Waals surface area contributed by atoms with Gasteiger partial charge in [-0.2, -0.15) is 0 Å². The van der Waals surface area contributed by atoms with E-state index in [9.17, 15) is 4.79 Å². The van der Waals surface area contributed by atoms with Crippen LogP contribution in [-0.2, 0) is 9.22 Å². The minimum absolute atomic E-state index is 0.210. The largest absolute Gasteiger partial charge is 0.404 e. The maximum Gasteiger partial charge on any atom is 0.288 e. The van der Waals surface area contributed by atoms with Crippen LogP contribution in [0.3, 0.4) is 0 Å². The molecule has 0 spiro atoms. The lowest BCUT2D eigenvalue weighted by Gasteiger charge is -2.34. The molecular formula is C32H36O2Si. The summed E-state index contributed by atoms with van der Waals surface area (Å²) in [5, 5.41) is 3.73. The fourth-order valence-corrected chi connectivity index (χ4v) is 8.87. The second-order valence-corrected chi connectivity index (χ2v) is 13.2. The van der Waals surface area contributed by atoms with Crippen molar-refractivity contribution in [2.24, 2.45) is 17.8 Å². The number of hydrogen-bond acceptors (Lipinski definition) is 2. The van der Waals surface area contributed by atoms with E-state index in [0.717, 1.165) is 12.8 Å². The van der Waals surface area contributed by atoms with Gasteiger partial charge in [0.15, 0.2) is 5.78 Å². The summed E-state index contributed by atoms with van der Waals surface area (Å²) in [7, 11) is -2.74. The molecular weight excluding hydrogens is 444 g/mol. The van der Waals surface area contributed by atoms with E-state index in [0.29, 0.717) is 24.9 Å². The van der Waals surface area contributed by atoms with Gasteiger partial charge in [0.05, 0.1) is 0 Å². The Labute approximate surface area is 211 Å². The van der Waals surface area contributed by atoms with Crippen molar-refractivity contribution in [2.45, 2.75) is 33.1 Å². The van der Waals surface area contributed by atoms with E-state index in [4.69, 9.17) is 4.43 Å². The molecule has 2 nitrogen and oxygen atoms in total. The van der Waals surface area contributed by atoms with Gasteiger partial charge in [0.1, 0.15) is 0 Å². The van der Waals surface area contributed by atoms with Crippen molar-refractivity contribution in [3.8, 4) is 0 Å². The highest BCUT2D eigenvalue weighted by Gasteiger charge is 2.42. The summed E-state index contributed by atoms with van der Waals surface area (Å²) in [4.78, 5) is 12.3. The molecule has 0 bridgehead atoms. The first kappa shape index (κ1) is 25.1. The molecule has 1 aliphatic rings. The van der Waals surface area contributed by atoms with Crippen LogP contribution >= 0.6 is 0 Å². The monoisotopic (exact) mass is 480 g/mol. The second-order valence-electron chi connectivity index (χ2n) is 9.79. The van der Waals surface area contributed by atoms with Crippen LogP contribution in [0.1, 0.15) is 33.1 Å². The van der Waals surface area contributed by atoms with E-state index >= 15 is 0 Å². The van der Waals surface area contributed by atoms with Crippen molar-refractivity contribution in [3.63, 3.8) is 0 Å². The van der Waals surface area contributed by atoms with Crippen LogP contribution in [0.25, 0.3) is 0 Å². The van der Waals surface area contributed by atoms with E-state index in [2.05, 4.69) is 117 Å². The molecule has 0 fully saturated rings. The lowest BCUT2D eigenvalue weighted by Crippen LogP contribution is -2.69. The summed E-state index contributed by atoms with van der Waals surface area (Å²) in [5.41, 5.74) is 0. The molecule has 0 radical (unpaired) electrons. The fourth-order valence-electron chi connectivity index (χ4n) is 4.92. The summed E-state index contributed by atoms with van der Waals surface area (Å²) in [6.45, 7) is 5.08. The molecule has 3 aromatic rings. The van der Waals surface area contributed by atoms with Crippen molar-refractivity contribution >= 4 is 29.7 Å². The summed E-state index contributed by atoms with van der Waals surface area (Å²) < 4.78 is 7.19. The van der Waals surface area contributed by atoms with Gasteiger partial charge in [-0.05, 0) is 46.3 Å². The number of carbonyl (C=O) groups excluding carboxylic acids is 1. The molecule has 0 saturated carbocycles. The van der Waals surface area contributed by atoms with Crippen LogP contribution in [0.5, 0.6) is 0 Å². The average Bonchev–Trinajstić information content (AvgIpc) is 2.90. The first-order valence-corrected chi connectivity index (χ1v) is 14.7. The standard InChI is InChI=1S/C32H36O2Si/c1-26(2)28-22-21-27(13-12-14-29(33)24-23-28)25-34-35(30-15-6-3-7-16-30,31-17-8-4-9-18-31)32-19-10-5-11-20-32/h3-12,14-22,26-28H,13,23-25H2,1-2H3. The van der Waals surface area contributed by atoms with E-state index in [1.54, 1.807) is 6.08 Å². The minimum Gasteiger partial charge on any atom is -0.404 e. The summed E-state index contributed by atoms with van der Waals surface area (Å²) in [6.07, 6.45) is 10.8. The molecule has 0 aliphatic heterocycles. The molecule has 1 aliphatic carbocycles. The lowest BCUT2D eigenvalue weighted by molar-refractivity contribution is -0.114. The molecule has 0 saturated heterocycles. The van der Waals surface area contributed by atoms with Crippen LogP contribution < -0.4 is 15.6 Å². The van der Waals surface area contributed by atoms with Gasteiger partial charge in [0.25, 0.3) is 8.32 Å². The van der Waals surface area contributed by atoms with Crippen LogP contribution in [0.4, 0.5) is 0 Å². The van der Waals surface area contributed by atoms with Gasteiger partial charge >= 0.3 is 0 Å². The van der Waals surface area contributed by atoms with Crippen LogP contribution in [0.15, 0.2) is 115 Å². The predicted octanol–water partition coefficient (Wildman–Crippen LogP) is 5.42. The van der Waals surface area contributed by atoms with Crippen LogP contribution in [-0.4, -0.2) is 20.7 Å². The van der Waals surface area contributed by atoms with E-state index in [1.807, 2.05) is 6.08 Å². The lowest BCUT2D eigenvalue weighted by atomic mass is 9.88. The Hall–Kier alpha value is -3.01. The number of benzene rings is 3. The Bertz CT molecular complexity index is 1020. The Morgan fingerprint density at radius 2 is 1.31 bits per heavy atom. The molecule has 0 N–H and O–H groups in total. The first-order chi connectivity index (χ1) is 17.1. The molecule has 0 amide bonds. The Morgan fingerprint density at radius 1 is 0.800 bits per heavy atom. The molecule has 0 aromatic heterocycles. The highest BCUT2D eigenvalue weighted by molar-refractivity contribution is 7.07. The van der Waals surface area contributed by atoms with Crippen molar-refractivity contribution in [1.29, 1.82) is 0 Å². The van der Waals surface area contributed by atoms with Gasteiger partial charge in [-0.15, -0.1) is 0 Å². The maximum atomic E-state index is 12.3. The third-order valence-electron chi connectivity index (χ3n) is 7.01. The van der Waals surface area contributed by atoms with Crippen molar-refractivity contribution in [2.75, 3.05) is 6.61 Å². The highest BCUT2D eigenvalue weighted by atomic mass is 28.4. The molecule has 180 valence electrons. The zero-order valence-electron chi connectivity index (χ0n) is 20.8. The maximum absolute atomic E-state index is 12.3. The first-order valence-electron chi connectivity index (χ1n) is 12.8. The summed E-state index contributed by atoms with van der Waals surface area (Å²) >= 11 is 0. The molecule has 35 heavy (non-hydrogen) atoms. The highest BCUT2D eigenvalue weighted by Crippen LogP contribution is 2.23. The second kappa shape index (κ2) is 12.1. The van der Waals surface area contributed by atoms with Crippen LogP contribution in [0, 0.1) is 17.8 Å². The number of ketones is 1. The summed E-state index contributed by atoms with van der Waals surface area (Å²) in [6, 6.07) is 32.1.